The summed E-state index contributed by atoms with van der Waals surface area (Å²) in [4.78, 5) is 13.3. The molecule has 0 saturated carbocycles. The number of fused-ring (bicyclic) bond motifs is 1. The molecule has 1 heterocycles. The third-order valence-corrected chi connectivity index (χ3v) is 4.55. The maximum Gasteiger partial charge on any atom is 0.220 e. The van der Waals surface area contributed by atoms with Gasteiger partial charge in [0.15, 0.2) is 0 Å². The smallest absolute Gasteiger partial charge is 0.220 e. The minimum absolute atomic E-state index is 0.169. The molecule has 0 aliphatic carbocycles. The second-order valence-corrected chi connectivity index (χ2v) is 6.64. The molecule has 1 aliphatic rings. The van der Waals surface area contributed by atoms with Crippen molar-refractivity contribution in [3.05, 3.63) is 29.8 Å². The molecule has 0 saturated heterocycles. The molecule has 1 amide bonds. The number of thioether (sulfide) groups is 1. The molecule has 0 radical (unpaired) electrons. The fraction of sp³-hybridized carbons (Fsp3) is 0.562. The molecular weight excluding hydrogens is 268 g/mol. The third kappa shape index (κ3) is 4.53. The second-order valence-electron chi connectivity index (χ2n) is 5.51. The SMILES string of the molecule is CC(C)NCCCC(=O)NC1CCSc2ccccc21. The number of carbonyl (C=O) groups is 1. The maximum atomic E-state index is 12.0. The van der Waals surface area contributed by atoms with E-state index in [0.29, 0.717) is 12.5 Å². The molecule has 1 unspecified atom stereocenters. The standard InChI is InChI=1S/C16H24N2OS/c1-12(2)17-10-5-8-16(19)18-14-9-11-20-15-7-4-3-6-13(14)15/h3-4,6-7,12,14,17H,5,8-11H2,1-2H3,(H,18,19). The lowest BCUT2D eigenvalue weighted by molar-refractivity contribution is -0.122. The average molecular weight is 292 g/mol. The highest BCUT2D eigenvalue weighted by Gasteiger charge is 2.21. The van der Waals surface area contributed by atoms with Gasteiger partial charge in [0.2, 0.25) is 5.91 Å². The van der Waals surface area contributed by atoms with Crippen molar-refractivity contribution >= 4 is 17.7 Å². The van der Waals surface area contributed by atoms with Crippen LogP contribution in [0.2, 0.25) is 0 Å². The van der Waals surface area contributed by atoms with E-state index in [0.717, 1.165) is 25.1 Å². The van der Waals surface area contributed by atoms with Gasteiger partial charge in [0.05, 0.1) is 6.04 Å². The van der Waals surface area contributed by atoms with Crippen LogP contribution in [0.1, 0.15) is 44.7 Å². The van der Waals surface area contributed by atoms with Crippen LogP contribution in [0.25, 0.3) is 0 Å². The lowest BCUT2D eigenvalue weighted by Crippen LogP contribution is -2.31. The van der Waals surface area contributed by atoms with Crippen LogP contribution in [0.3, 0.4) is 0 Å². The normalized spacial score (nSPS) is 17.9. The Morgan fingerprint density at radius 2 is 2.20 bits per heavy atom. The highest BCUT2D eigenvalue weighted by molar-refractivity contribution is 7.99. The Morgan fingerprint density at radius 3 is 3.00 bits per heavy atom. The summed E-state index contributed by atoms with van der Waals surface area (Å²) in [5, 5.41) is 6.52. The molecule has 3 nitrogen and oxygen atoms in total. The molecule has 1 aliphatic heterocycles. The Bertz CT molecular complexity index is 448. The molecule has 1 aromatic rings. The van der Waals surface area contributed by atoms with Gasteiger partial charge in [-0.15, -0.1) is 11.8 Å². The van der Waals surface area contributed by atoms with Crippen molar-refractivity contribution in [1.29, 1.82) is 0 Å². The molecule has 4 heteroatoms. The molecule has 2 rings (SSSR count). The van der Waals surface area contributed by atoms with Crippen LogP contribution in [0, 0.1) is 0 Å². The van der Waals surface area contributed by atoms with Gasteiger partial charge in [0.25, 0.3) is 0 Å². The molecule has 0 aromatic heterocycles. The van der Waals surface area contributed by atoms with E-state index in [9.17, 15) is 4.79 Å². The van der Waals surface area contributed by atoms with Crippen molar-refractivity contribution in [3.8, 4) is 0 Å². The van der Waals surface area contributed by atoms with Gasteiger partial charge in [0.1, 0.15) is 0 Å². The van der Waals surface area contributed by atoms with Crippen LogP contribution in [0.4, 0.5) is 0 Å². The van der Waals surface area contributed by atoms with Gasteiger partial charge in [-0.05, 0) is 31.0 Å². The minimum Gasteiger partial charge on any atom is -0.349 e. The summed E-state index contributed by atoms with van der Waals surface area (Å²) < 4.78 is 0. The first-order valence-electron chi connectivity index (χ1n) is 7.41. The molecule has 2 N–H and O–H groups in total. The topological polar surface area (TPSA) is 41.1 Å². The second kappa shape index (κ2) is 7.70. The molecule has 1 atom stereocenters. The van der Waals surface area contributed by atoms with Crippen LogP contribution < -0.4 is 10.6 Å². The number of amides is 1. The third-order valence-electron chi connectivity index (χ3n) is 3.43. The van der Waals surface area contributed by atoms with Gasteiger partial charge in [-0.25, -0.2) is 0 Å². The van der Waals surface area contributed by atoms with Crippen molar-refractivity contribution in [3.63, 3.8) is 0 Å². The van der Waals surface area contributed by atoms with Crippen molar-refractivity contribution < 1.29 is 4.79 Å². The molecular formula is C16H24N2OS. The highest BCUT2D eigenvalue weighted by atomic mass is 32.2. The highest BCUT2D eigenvalue weighted by Crippen LogP contribution is 2.35. The zero-order valence-electron chi connectivity index (χ0n) is 12.3. The zero-order valence-corrected chi connectivity index (χ0v) is 13.1. The minimum atomic E-state index is 0.169. The van der Waals surface area contributed by atoms with Gasteiger partial charge in [0, 0.05) is 23.1 Å². The number of hydrogen-bond acceptors (Lipinski definition) is 3. The monoisotopic (exact) mass is 292 g/mol. The van der Waals surface area contributed by atoms with Crippen molar-refractivity contribution in [2.45, 2.75) is 50.1 Å². The summed E-state index contributed by atoms with van der Waals surface area (Å²) in [7, 11) is 0. The molecule has 110 valence electrons. The Kier molecular flexibility index (Phi) is 5.92. The number of rotatable bonds is 6. The maximum absolute atomic E-state index is 12.0. The molecule has 1 aromatic carbocycles. The van der Waals surface area contributed by atoms with Gasteiger partial charge < -0.3 is 10.6 Å². The van der Waals surface area contributed by atoms with E-state index in [1.165, 1.54) is 10.5 Å². The first-order valence-corrected chi connectivity index (χ1v) is 8.40. The van der Waals surface area contributed by atoms with E-state index >= 15 is 0 Å². The number of hydrogen-bond donors (Lipinski definition) is 2. The Labute approximate surface area is 125 Å². The van der Waals surface area contributed by atoms with E-state index in [-0.39, 0.29) is 11.9 Å². The Balaban J connectivity index is 1.80. The van der Waals surface area contributed by atoms with Gasteiger partial charge >= 0.3 is 0 Å². The summed E-state index contributed by atoms with van der Waals surface area (Å²) in [5.41, 5.74) is 1.28. The largest absolute Gasteiger partial charge is 0.349 e. The summed E-state index contributed by atoms with van der Waals surface area (Å²) in [5.74, 6) is 1.25. The van der Waals surface area contributed by atoms with Crippen LogP contribution >= 0.6 is 11.8 Å². The van der Waals surface area contributed by atoms with E-state index < -0.39 is 0 Å². The van der Waals surface area contributed by atoms with Gasteiger partial charge in [-0.3, -0.25) is 4.79 Å². The van der Waals surface area contributed by atoms with Crippen molar-refractivity contribution in [2.24, 2.45) is 0 Å². The van der Waals surface area contributed by atoms with Crippen LogP contribution in [0.15, 0.2) is 29.2 Å². The predicted molar refractivity (Wildman–Crippen MR) is 85.0 cm³/mol. The van der Waals surface area contributed by atoms with Gasteiger partial charge in [-0.2, -0.15) is 0 Å². The predicted octanol–water partition coefficient (Wildman–Crippen LogP) is 3.12. The summed E-state index contributed by atoms with van der Waals surface area (Å²) in [6, 6.07) is 9.07. The van der Waals surface area contributed by atoms with Crippen molar-refractivity contribution in [2.75, 3.05) is 12.3 Å². The average Bonchev–Trinajstić information content (AvgIpc) is 2.44. The van der Waals surface area contributed by atoms with Crippen LogP contribution in [0.5, 0.6) is 0 Å². The van der Waals surface area contributed by atoms with Crippen LogP contribution in [-0.2, 0) is 4.79 Å². The molecule has 20 heavy (non-hydrogen) atoms. The first kappa shape index (κ1) is 15.4. The van der Waals surface area contributed by atoms with Crippen molar-refractivity contribution in [1.82, 2.24) is 10.6 Å². The van der Waals surface area contributed by atoms with E-state index in [1.54, 1.807) is 0 Å². The van der Waals surface area contributed by atoms with E-state index in [2.05, 4.69) is 48.7 Å². The quantitative estimate of drug-likeness (QED) is 0.792. The Hall–Kier alpha value is -1.00. The fourth-order valence-electron chi connectivity index (χ4n) is 2.40. The van der Waals surface area contributed by atoms with E-state index in [1.807, 2.05) is 11.8 Å². The van der Waals surface area contributed by atoms with E-state index in [4.69, 9.17) is 0 Å². The van der Waals surface area contributed by atoms with Gasteiger partial charge in [-0.1, -0.05) is 32.0 Å². The Morgan fingerprint density at radius 1 is 1.40 bits per heavy atom. The van der Waals surface area contributed by atoms with Crippen LogP contribution in [-0.4, -0.2) is 24.2 Å². The summed E-state index contributed by atoms with van der Waals surface area (Å²) in [6.45, 7) is 5.15. The number of carbonyl (C=O) groups excluding carboxylic acids is 1. The summed E-state index contributed by atoms with van der Waals surface area (Å²) >= 11 is 1.88. The number of nitrogens with one attached hydrogen (secondary N) is 2. The summed E-state index contributed by atoms with van der Waals surface area (Å²) in [6.07, 6.45) is 2.52. The zero-order chi connectivity index (χ0) is 14.4. The fourth-order valence-corrected chi connectivity index (χ4v) is 3.52. The molecule has 0 spiro atoms. The molecule has 0 bridgehead atoms. The lowest BCUT2D eigenvalue weighted by atomic mass is 10.0. The molecule has 0 fully saturated rings. The first-order chi connectivity index (χ1) is 9.66. The lowest BCUT2D eigenvalue weighted by Gasteiger charge is -2.25. The number of benzene rings is 1.